The van der Waals surface area contributed by atoms with Crippen LogP contribution in [0.3, 0.4) is 0 Å². The lowest BCUT2D eigenvalue weighted by Crippen LogP contribution is -2.22. The molecule has 0 unspecified atom stereocenters. The number of benzene rings is 2. The van der Waals surface area contributed by atoms with E-state index in [4.69, 9.17) is 16.0 Å². The largest absolute Gasteiger partial charge is 0.463 e. The fraction of sp³-hybridized carbons (Fsp3) is 0.0769. The van der Waals surface area contributed by atoms with Crippen molar-refractivity contribution < 1.29 is 17.2 Å². The molecule has 0 atom stereocenters. The molecule has 0 saturated carbocycles. The number of hydrogen-bond acceptors (Lipinski definition) is 5. The van der Waals surface area contributed by atoms with Crippen molar-refractivity contribution in [3.63, 3.8) is 0 Å². The van der Waals surface area contributed by atoms with Gasteiger partial charge in [0.15, 0.2) is 0 Å². The third kappa shape index (κ3) is 3.87. The van der Waals surface area contributed by atoms with Crippen LogP contribution in [0, 0.1) is 5.82 Å². The van der Waals surface area contributed by atoms with Crippen molar-refractivity contribution in [2.24, 2.45) is 0 Å². The van der Waals surface area contributed by atoms with Crippen LogP contribution in [0.15, 0.2) is 71.0 Å². The molecule has 4 aromatic heterocycles. The fourth-order valence-corrected chi connectivity index (χ4v) is 5.59. The minimum atomic E-state index is -3.76. The molecular weight excluding hydrogens is 533 g/mol. The van der Waals surface area contributed by atoms with Crippen LogP contribution >= 0.6 is 11.6 Å². The Balaban J connectivity index is 1.76. The SMILES string of the molecule is C=C(NS(C)(=O)=O)c1c(-c2ccc[nH]c2=O)c2c3occc3c(F)cc2n1Cc1cc2[nH]cnc2cc1Cl. The summed E-state index contributed by atoms with van der Waals surface area (Å²) in [6.07, 6.45) is 5.38. The van der Waals surface area contributed by atoms with E-state index in [-0.39, 0.29) is 34.5 Å². The number of halogens is 2. The van der Waals surface area contributed by atoms with Gasteiger partial charge in [0, 0.05) is 28.9 Å². The molecule has 38 heavy (non-hydrogen) atoms. The summed E-state index contributed by atoms with van der Waals surface area (Å²) >= 11 is 6.61. The van der Waals surface area contributed by atoms with Crippen molar-refractivity contribution in [2.75, 3.05) is 6.26 Å². The zero-order valence-corrected chi connectivity index (χ0v) is 21.4. The number of fused-ring (bicyclic) bond motifs is 4. The van der Waals surface area contributed by atoms with Gasteiger partial charge in [-0.15, -0.1) is 0 Å². The second-order valence-electron chi connectivity index (χ2n) is 8.85. The van der Waals surface area contributed by atoms with E-state index in [1.54, 1.807) is 29.1 Å². The van der Waals surface area contributed by atoms with Gasteiger partial charge in [0.25, 0.3) is 5.56 Å². The molecule has 0 aliphatic heterocycles. The summed E-state index contributed by atoms with van der Waals surface area (Å²) in [5.41, 5.74) is 2.98. The number of H-pyrrole nitrogens is 2. The maximum atomic E-state index is 15.3. The third-order valence-corrected chi connectivity index (χ3v) is 7.28. The monoisotopic (exact) mass is 551 g/mol. The van der Waals surface area contributed by atoms with Gasteiger partial charge in [0.05, 0.1) is 57.6 Å². The van der Waals surface area contributed by atoms with Crippen molar-refractivity contribution in [3.8, 4) is 11.1 Å². The Labute approximate surface area is 219 Å². The summed E-state index contributed by atoms with van der Waals surface area (Å²) in [7, 11) is -3.76. The standard InChI is InChI=1S/C26H19ClFN5O4S/c1-13(32-38(2,35)36)24-22(16-4-3-6-29-26(16)34)23-21(10-18(28)15-5-7-37-25(15)23)33(24)11-14-8-19-20(9-17(14)27)31-12-30-19/h3-10,12,32H,1,11H2,2H3,(H,29,34)(H,30,31). The minimum Gasteiger partial charge on any atom is -0.463 e. The van der Waals surface area contributed by atoms with Crippen LogP contribution in [0.2, 0.25) is 5.02 Å². The number of aromatic nitrogens is 4. The number of hydrogen-bond donors (Lipinski definition) is 3. The molecule has 0 amide bonds. The molecule has 0 spiro atoms. The Morgan fingerprint density at radius 3 is 2.84 bits per heavy atom. The molecule has 9 nitrogen and oxygen atoms in total. The van der Waals surface area contributed by atoms with E-state index in [1.807, 2.05) is 6.07 Å². The van der Waals surface area contributed by atoms with E-state index < -0.39 is 21.4 Å². The number of rotatable bonds is 6. The Morgan fingerprint density at radius 2 is 2.08 bits per heavy atom. The highest BCUT2D eigenvalue weighted by Crippen LogP contribution is 2.42. The molecule has 12 heteroatoms. The lowest BCUT2D eigenvalue weighted by Gasteiger charge is -2.16. The molecule has 4 heterocycles. The van der Waals surface area contributed by atoms with Crippen LogP contribution < -0.4 is 10.3 Å². The van der Waals surface area contributed by atoms with Crippen LogP contribution in [0.5, 0.6) is 0 Å². The molecular formula is C26H19ClFN5O4S. The molecule has 0 aliphatic carbocycles. The first-order valence-electron chi connectivity index (χ1n) is 11.3. The van der Waals surface area contributed by atoms with Gasteiger partial charge in [-0.2, -0.15) is 0 Å². The highest BCUT2D eigenvalue weighted by atomic mass is 35.5. The second-order valence-corrected chi connectivity index (χ2v) is 11.0. The normalized spacial score (nSPS) is 12.1. The molecule has 6 aromatic rings. The number of furan rings is 1. The van der Waals surface area contributed by atoms with Gasteiger partial charge < -0.3 is 19.0 Å². The summed E-state index contributed by atoms with van der Waals surface area (Å²) in [6, 6.07) is 9.56. The maximum absolute atomic E-state index is 15.3. The number of imidazole rings is 1. The van der Waals surface area contributed by atoms with Crippen LogP contribution in [0.25, 0.3) is 49.7 Å². The van der Waals surface area contributed by atoms with Gasteiger partial charge in [0.1, 0.15) is 11.4 Å². The third-order valence-electron chi connectivity index (χ3n) is 6.32. The van der Waals surface area contributed by atoms with Crippen molar-refractivity contribution in [1.82, 2.24) is 24.2 Å². The Kier molecular flexibility index (Phi) is 5.44. The average Bonchev–Trinajstić information content (AvgIpc) is 3.57. The number of sulfonamides is 1. The van der Waals surface area contributed by atoms with E-state index in [0.717, 1.165) is 11.8 Å². The molecule has 3 N–H and O–H groups in total. The van der Waals surface area contributed by atoms with Crippen LogP contribution in [0.4, 0.5) is 4.39 Å². The smallest absolute Gasteiger partial charge is 0.255 e. The first kappa shape index (κ1) is 24.0. The topological polar surface area (TPSA) is 126 Å². The Hall–Kier alpha value is -4.35. The molecule has 6 rings (SSSR count). The first-order chi connectivity index (χ1) is 18.1. The molecule has 0 fully saturated rings. The summed E-state index contributed by atoms with van der Waals surface area (Å²) in [5, 5.41) is 1.04. The minimum absolute atomic E-state index is 0.0131. The Bertz CT molecular complexity index is 2090. The van der Waals surface area contributed by atoms with Crippen molar-refractivity contribution in [2.45, 2.75) is 6.54 Å². The highest BCUT2D eigenvalue weighted by Gasteiger charge is 2.28. The maximum Gasteiger partial charge on any atom is 0.255 e. The molecule has 192 valence electrons. The highest BCUT2D eigenvalue weighted by molar-refractivity contribution is 7.89. The van der Waals surface area contributed by atoms with E-state index in [2.05, 4.69) is 26.3 Å². The lowest BCUT2D eigenvalue weighted by molar-refractivity contribution is 0.597. The van der Waals surface area contributed by atoms with Crippen molar-refractivity contribution >= 4 is 60.2 Å². The molecule has 0 aliphatic rings. The summed E-state index contributed by atoms with van der Waals surface area (Å²) in [6.45, 7) is 4.06. The number of nitrogens with one attached hydrogen (secondary N) is 3. The lowest BCUT2D eigenvalue weighted by atomic mass is 10.0. The molecule has 0 saturated heterocycles. The predicted molar refractivity (Wildman–Crippen MR) is 145 cm³/mol. The van der Waals surface area contributed by atoms with Crippen molar-refractivity contribution in [3.05, 3.63) is 94.2 Å². The molecule has 2 aromatic carbocycles. The quantitative estimate of drug-likeness (QED) is 0.269. The van der Waals surface area contributed by atoms with Gasteiger partial charge in [-0.1, -0.05) is 18.2 Å². The number of nitrogens with zero attached hydrogens (tertiary/aromatic N) is 2. The van der Waals surface area contributed by atoms with E-state index in [9.17, 15) is 13.2 Å². The average molecular weight is 552 g/mol. The van der Waals surface area contributed by atoms with Crippen molar-refractivity contribution in [1.29, 1.82) is 0 Å². The van der Waals surface area contributed by atoms with E-state index in [1.165, 1.54) is 24.6 Å². The predicted octanol–water partition coefficient (Wildman–Crippen LogP) is 4.98. The second kappa shape index (κ2) is 8.61. The van der Waals surface area contributed by atoms with Crippen LogP contribution in [0.1, 0.15) is 11.3 Å². The zero-order valence-electron chi connectivity index (χ0n) is 19.8. The first-order valence-corrected chi connectivity index (χ1v) is 13.6. The summed E-state index contributed by atoms with van der Waals surface area (Å²) < 4.78 is 49.6. The van der Waals surface area contributed by atoms with Gasteiger partial charge in [-0.05, 0) is 42.0 Å². The molecule has 0 radical (unpaired) electrons. The zero-order chi connectivity index (χ0) is 26.8. The van der Waals surface area contributed by atoms with E-state index >= 15 is 4.39 Å². The molecule has 0 bridgehead atoms. The summed E-state index contributed by atoms with van der Waals surface area (Å²) in [5.74, 6) is -0.545. The fourth-order valence-electron chi connectivity index (χ4n) is 4.83. The van der Waals surface area contributed by atoms with Gasteiger partial charge >= 0.3 is 0 Å². The van der Waals surface area contributed by atoms with Gasteiger partial charge in [0.2, 0.25) is 10.0 Å². The number of pyridine rings is 1. The van der Waals surface area contributed by atoms with E-state index in [0.29, 0.717) is 32.6 Å². The van der Waals surface area contributed by atoms with Crippen LogP contribution in [-0.4, -0.2) is 34.2 Å². The van der Waals surface area contributed by atoms with Gasteiger partial charge in [-0.3, -0.25) is 9.52 Å². The number of aromatic amines is 2. The Morgan fingerprint density at radius 1 is 1.26 bits per heavy atom. The van der Waals surface area contributed by atoms with Gasteiger partial charge in [-0.25, -0.2) is 17.8 Å². The van der Waals surface area contributed by atoms with Crippen LogP contribution in [-0.2, 0) is 16.6 Å². The summed E-state index contributed by atoms with van der Waals surface area (Å²) in [4.78, 5) is 22.9.